The van der Waals surface area contributed by atoms with Crippen molar-refractivity contribution in [1.29, 1.82) is 0 Å². The molecule has 0 unspecified atom stereocenters. The summed E-state index contributed by atoms with van der Waals surface area (Å²) in [6, 6.07) is 0. The summed E-state index contributed by atoms with van der Waals surface area (Å²) in [4.78, 5) is 0. The molecule has 0 radical (unpaired) electrons. The minimum atomic E-state index is -6.84. The van der Waals surface area contributed by atoms with E-state index >= 15 is 0 Å². The standard InChI is InChI=1S/C16H29F6N2O4S2/c1-2-3-4-5-6-7-8-9-10-11-12-13-14-23-24(29(25,26)15(17,18)19)30(27,28)16(20,21)22/h2-14H2,1H3/q+1. The minimum absolute atomic E-state index is 0.0473. The van der Waals surface area contributed by atoms with Crippen LogP contribution in [0, 0.1) is 0 Å². The summed E-state index contributed by atoms with van der Waals surface area (Å²) in [5.74, 6) is 0. The van der Waals surface area contributed by atoms with Crippen molar-refractivity contribution in [3.63, 3.8) is 0 Å². The first kappa shape index (κ1) is 29.1. The maximum Gasteiger partial charge on any atom is 0.564 e. The second kappa shape index (κ2) is 12.8. The molecule has 0 rings (SSSR count). The molecule has 0 bridgehead atoms. The molecule has 0 saturated carbocycles. The van der Waals surface area contributed by atoms with Gasteiger partial charge in [-0.3, -0.25) is 0 Å². The van der Waals surface area contributed by atoms with Crippen LogP contribution in [-0.2, 0) is 20.0 Å². The van der Waals surface area contributed by atoms with Gasteiger partial charge in [-0.1, -0.05) is 77.6 Å². The average Bonchev–Trinajstić information content (AvgIpc) is 2.59. The smallest absolute Gasteiger partial charge is 0.151 e. The van der Waals surface area contributed by atoms with E-state index in [1.807, 2.05) is 0 Å². The van der Waals surface area contributed by atoms with E-state index in [-0.39, 0.29) is 6.42 Å². The first-order chi connectivity index (χ1) is 13.7. The first-order valence-corrected chi connectivity index (χ1v) is 12.7. The largest absolute Gasteiger partial charge is 0.564 e. The van der Waals surface area contributed by atoms with Gasteiger partial charge in [-0.2, -0.15) is 43.2 Å². The highest BCUT2D eigenvalue weighted by atomic mass is 32.3. The zero-order valence-electron chi connectivity index (χ0n) is 16.8. The highest BCUT2D eigenvalue weighted by molar-refractivity contribution is 7.98. The third kappa shape index (κ3) is 9.48. The maximum absolute atomic E-state index is 12.5. The van der Waals surface area contributed by atoms with Gasteiger partial charge < -0.3 is 0 Å². The fraction of sp³-hybridized carbons (Fsp3) is 1.00. The molecule has 0 amide bonds. The van der Waals surface area contributed by atoms with Gasteiger partial charge in [-0.05, 0) is 11.5 Å². The molecule has 0 aliphatic rings. The number of nitrogens with zero attached hydrogens (tertiary/aromatic N) is 2. The number of rotatable bonds is 15. The van der Waals surface area contributed by atoms with E-state index in [1.54, 1.807) is 0 Å². The molecule has 0 saturated heterocycles. The van der Waals surface area contributed by atoms with Crippen molar-refractivity contribution in [1.82, 2.24) is 0 Å². The van der Waals surface area contributed by atoms with Crippen molar-refractivity contribution in [2.75, 3.05) is 6.54 Å². The second-order valence-corrected chi connectivity index (χ2v) is 10.6. The predicted octanol–water partition coefficient (Wildman–Crippen LogP) is 5.85. The number of sulfonamides is 2. The lowest BCUT2D eigenvalue weighted by Crippen LogP contribution is -2.42. The number of unbranched alkanes of at least 4 members (excludes halogenated alkanes) is 11. The van der Waals surface area contributed by atoms with Gasteiger partial charge in [-0.15, -0.1) is 0 Å². The highest BCUT2D eigenvalue weighted by Crippen LogP contribution is 2.32. The first-order valence-electron chi connectivity index (χ1n) is 9.80. The summed E-state index contributed by atoms with van der Waals surface area (Å²) in [5.41, 5.74) is -12.5. The molecule has 0 aliphatic heterocycles. The van der Waals surface area contributed by atoms with Gasteiger partial charge in [-0.25, -0.2) is 0 Å². The van der Waals surface area contributed by atoms with Crippen LogP contribution in [0.4, 0.5) is 26.3 Å². The Labute approximate surface area is 173 Å². The molecule has 6 nitrogen and oxygen atoms in total. The molecule has 0 aliphatic carbocycles. The summed E-state index contributed by atoms with van der Waals surface area (Å²) in [7, 11) is -13.7. The lowest BCUT2D eigenvalue weighted by Gasteiger charge is -2.06. The van der Waals surface area contributed by atoms with Crippen LogP contribution in [0.5, 0.6) is 0 Å². The van der Waals surface area contributed by atoms with Crippen molar-refractivity contribution >= 4 is 20.0 Å². The molecule has 0 aromatic rings. The van der Waals surface area contributed by atoms with Crippen molar-refractivity contribution in [3.8, 4) is 0 Å². The molecule has 0 atom stereocenters. The fourth-order valence-corrected chi connectivity index (χ4v) is 4.93. The van der Waals surface area contributed by atoms with Gasteiger partial charge in [0.15, 0.2) is 0 Å². The zero-order chi connectivity index (χ0) is 23.5. The average molecular weight is 492 g/mol. The normalized spacial score (nSPS) is 13.4. The Morgan fingerprint density at radius 1 is 0.600 bits per heavy atom. The van der Waals surface area contributed by atoms with Crippen molar-refractivity contribution in [2.24, 2.45) is 5.11 Å². The summed E-state index contributed by atoms with van der Waals surface area (Å²) < 4.78 is 118. The lowest BCUT2D eigenvalue weighted by atomic mass is 10.1. The highest BCUT2D eigenvalue weighted by Gasteiger charge is 2.68. The van der Waals surface area contributed by atoms with E-state index in [0.717, 1.165) is 32.1 Å². The van der Waals surface area contributed by atoms with E-state index in [1.165, 1.54) is 25.7 Å². The van der Waals surface area contributed by atoms with Crippen molar-refractivity contribution < 1.29 is 46.7 Å². The molecular formula is C16H29F6N2O4S2+. The fourth-order valence-electron chi connectivity index (χ4n) is 2.56. The number of halogens is 6. The number of hydrogen-bond acceptors (Lipinski definition) is 5. The van der Waals surface area contributed by atoms with E-state index in [4.69, 9.17) is 0 Å². The maximum atomic E-state index is 12.5. The summed E-state index contributed by atoms with van der Waals surface area (Å²) in [5, 5.41) is 2.60. The Hall–Kier alpha value is -0.920. The second-order valence-electron chi connectivity index (χ2n) is 6.83. The van der Waals surface area contributed by atoms with Crippen LogP contribution >= 0.6 is 0 Å². The topological polar surface area (TPSA) is 83.7 Å². The van der Waals surface area contributed by atoms with Crippen LogP contribution < -0.4 is 0 Å². The van der Waals surface area contributed by atoms with E-state index in [9.17, 15) is 43.2 Å². The Morgan fingerprint density at radius 2 is 0.900 bits per heavy atom. The van der Waals surface area contributed by atoms with Crippen LogP contribution in [0.3, 0.4) is 0 Å². The predicted molar refractivity (Wildman–Crippen MR) is 98.6 cm³/mol. The number of hydrogen-bond donors (Lipinski definition) is 0. The van der Waals surface area contributed by atoms with Crippen molar-refractivity contribution in [2.45, 2.75) is 95.0 Å². The molecular weight excluding hydrogens is 462 g/mol. The molecule has 0 aromatic carbocycles. The minimum Gasteiger partial charge on any atom is -0.151 e. The summed E-state index contributed by atoms with van der Waals surface area (Å²) in [6.45, 7) is 1.33. The summed E-state index contributed by atoms with van der Waals surface area (Å²) >= 11 is 0. The van der Waals surface area contributed by atoms with E-state index < -0.39 is 41.1 Å². The molecule has 30 heavy (non-hydrogen) atoms. The molecule has 0 fully saturated rings. The van der Waals surface area contributed by atoms with E-state index in [2.05, 4.69) is 12.0 Å². The quantitative estimate of drug-likeness (QED) is 0.124. The van der Waals surface area contributed by atoms with Gasteiger partial charge in [0.1, 0.15) is 10.1 Å². The third-order valence-corrected chi connectivity index (χ3v) is 7.62. The van der Waals surface area contributed by atoms with Crippen LogP contribution in [0.1, 0.15) is 84.0 Å². The van der Waals surface area contributed by atoms with Gasteiger partial charge >= 0.3 is 31.1 Å². The van der Waals surface area contributed by atoms with Crippen LogP contribution in [-0.4, -0.2) is 37.9 Å². The van der Waals surface area contributed by atoms with Crippen LogP contribution in [0.15, 0.2) is 5.11 Å². The summed E-state index contributed by atoms with van der Waals surface area (Å²) in [6.07, 6.45) is 10.8. The Balaban J connectivity index is 4.57. The Morgan fingerprint density at radius 3 is 1.20 bits per heavy atom. The monoisotopic (exact) mass is 491 g/mol. The van der Waals surface area contributed by atoms with Crippen molar-refractivity contribution in [3.05, 3.63) is 0 Å². The molecule has 0 heterocycles. The van der Waals surface area contributed by atoms with Gasteiger partial charge in [0.05, 0.1) is 0 Å². The molecule has 180 valence electrons. The third-order valence-electron chi connectivity index (χ3n) is 4.22. The SMILES string of the molecule is CCCCCCCCCCCCCCN=[N+](S(=O)(=O)C(F)(F)F)S(=O)(=O)C(F)(F)F. The zero-order valence-corrected chi connectivity index (χ0v) is 18.4. The van der Waals surface area contributed by atoms with Crippen LogP contribution in [0.25, 0.3) is 0 Å². The molecule has 14 heteroatoms. The molecule has 0 spiro atoms. The molecule has 0 N–H and O–H groups in total. The van der Waals surface area contributed by atoms with Gasteiger partial charge in [0.25, 0.3) is 0 Å². The Kier molecular flexibility index (Phi) is 12.4. The molecule has 0 aromatic heterocycles. The van der Waals surface area contributed by atoms with Crippen LogP contribution in [0.2, 0.25) is 0 Å². The van der Waals surface area contributed by atoms with Gasteiger partial charge in [0, 0.05) is 0 Å². The van der Waals surface area contributed by atoms with Gasteiger partial charge in [0.2, 0.25) is 0 Å². The van der Waals surface area contributed by atoms with E-state index in [0.29, 0.717) is 12.8 Å². The lowest BCUT2D eigenvalue weighted by molar-refractivity contribution is -0.305. The number of alkyl halides is 6. The Bertz CT molecular complexity index is 686.